The number of hydrogen-bond acceptors (Lipinski definition) is 7. The molecule has 0 aliphatic carbocycles. The van der Waals surface area contributed by atoms with E-state index in [-0.39, 0.29) is 26.2 Å². The first-order chi connectivity index (χ1) is 17.4. The maximum absolute atomic E-state index is 11.7. The van der Waals surface area contributed by atoms with Gasteiger partial charge in [-0.3, -0.25) is 13.8 Å². The number of hydrogen-bond donors (Lipinski definition) is 3. The molecule has 8 nitrogen and oxygen atoms in total. The van der Waals surface area contributed by atoms with Crippen LogP contribution in [0.15, 0.2) is 48.6 Å². The van der Waals surface area contributed by atoms with Gasteiger partial charge in [-0.1, -0.05) is 81.2 Å². The van der Waals surface area contributed by atoms with Gasteiger partial charge in [-0.2, -0.15) is 0 Å². The number of nitrogens with two attached hydrogens (primary N) is 1. The monoisotopic (exact) mass is 529 g/mol. The van der Waals surface area contributed by atoms with Gasteiger partial charge in [0.1, 0.15) is 12.7 Å². The summed E-state index contributed by atoms with van der Waals surface area (Å²) >= 11 is 0. The molecule has 2 unspecified atom stereocenters. The molecular formula is C27H48NO7P. The number of carbonyl (C=O) groups is 1. The van der Waals surface area contributed by atoms with Gasteiger partial charge in [0.05, 0.1) is 13.2 Å². The fourth-order valence-electron chi connectivity index (χ4n) is 3.03. The van der Waals surface area contributed by atoms with E-state index in [0.717, 1.165) is 57.8 Å². The molecule has 0 radical (unpaired) electrons. The van der Waals surface area contributed by atoms with Gasteiger partial charge in [0, 0.05) is 13.0 Å². The molecule has 0 aromatic heterocycles. The Kier molecular flexibility index (Phi) is 24.0. The minimum absolute atomic E-state index is 0.0696. The van der Waals surface area contributed by atoms with Gasteiger partial charge in [-0.05, 0) is 44.9 Å². The zero-order valence-electron chi connectivity index (χ0n) is 22.0. The fourth-order valence-corrected chi connectivity index (χ4v) is 3.80. The quantitative estimate of drug-likeness (QED) is 0.0609. The summed E-state index contributed by atoms with van der Waals surface area (Å²) in [6, 6.07) is 0. The highest BCUT2D eigenvalue weighted by Gasteiger charge is 2.22. The van der Waals surface area contributed by atoms with Crippen molar-refractivity contribution in [3.63, 3.8) is 0 Å². The van der Waals surface area contributed by atoms with Gasteiger partial charge in [0.15, 0.2) is 0 Å². The molecule has 0 aromatic rings. The zero-order chi connectivity index (χ0) is 26.7. The van der Waals surface area contributed by atoms with Crippen LogP contribution < -0.4 is 5.73 Å². The number of phosphoric acid groups is 1. The number of phosphoric ester groups is 1. The Labute approximate surface area is 217 Å². The Morgan fingerprint density at radius 1 is 0.833 bits per heavy atom. The predicted molar refractivity (Wildman–Crippen MR) is 145 cm³/mol. The van der Waals surface area contributed by atoms with E-state index in [9.17, 15) is 19.4 Å². The Hall–Kier alpha value is -1.54. The molecule has 36 heavy (non-hydrogen) atoms. The number of esters is 1. The minimum Gasteiger partial charge on any atom is -0.463 e. The van der Waals surface area contributed by atoms with E-state index < -0.39 is 26.5 Å². The van der Waals surface area contributed by atoms with E-state index >= 15 is 0 Å². The highest BCUT2D eigenvalue weighted by Crippen LogP contribution is 2.42. The number of allylic oxidation sites excluding steroid dienone is 8. The number of rotatable bonds is 24. The third-order valence-electron chi connectivity index (χ3n) is 4.96. The lowest BCUT2D eigenvalue weighted by Crippen LogP contribution is -2.23. The molecule has 0 aliphatic heterocycles. The summed E-state index contributed by atoms with van der Waals surface area (Å²) in [6.45, 7) is 1.30. The second kappa shape index (κ2) is 25.1. The standard InChI is InChI=1S/C27H48NO7P/c1-2-3-4-5-6-7-8-9-10-11-12-13-14-15-16-17-18-19-20-21-27(30)33-24-26(29)25-35-36(31,32)34-23-22-28/h3-4,6-7,9-10,12-13,26,29H,2,5,8,11,14-25,28H2,1H3,(H,31,32)/b4-3-,7-6-,10-9-,13-12-. The van der Waals surface area contributed by atoms with Crippen LogP contribution >= 0.6 is 7.82 Å². The topological polar surface area (TPSA) is 128 Å². The first kappa shape index (κ1) is 34.5. The van der Waals surface area contributed by atoms with E-state index in [1.165, 1.54) is 12.8 Å². The van der Waals surface area contributed by atoms with Crippen LogP contribution in [0.5, 0.6) is 0 Å². The highest BCUT2D eigenvalue weighted by atomic mass is 31.2. The summed E-state index contributed by atoms with van der Waals surface area (Å²) in [7, 11) is -4.25. The van der Waals surface area contributed by atoms with Gasteiger partial charge in [0.25, 0.3) is 0 Å². The van der Waals surface area contributed by atoms with Crippen molar-refractivity contribution in [2.24, 2.45) is 5.73 Å². The summed E-state index contributed by atoms with van der Waals surface area (Å²) in [4.78, 5) is 21.1. The number of aliphatic hydroxyl groups is 1. The molecule has 0 fully saturated rings. The first-order valence-corrected chi connectivity index (χ1v) is 14.7. The second-order valence-electron chi connectivity index (χ2n) is 8.38. The molecular weight excluding hydrogens is 481 g/mol. The van der Waals surface area contributed by atoms with Crippen LogP contribution in [0.3, 0.4) is 0 Å². The molecule has 9 heteroatoms. The largest absolute Gasteiger partial charge is 0.472 e. The second-order valence-corrected chi connectivity index (χ2v) is 9.84. The van der Waals surface area contributed by atoms with Crippen molar-refractivity contribution < 1.29 is 33.1 Å². The van der Waals surface area contributed by atoms with E-state index in [1.807, 2.05) is 0 Å². The van der Waals surface area contributed by atoms with Crippen LogP contribution in [-0.2, 0) is 23.1 Å². The lowest BCUT2D eigenvalue weighted by molar-refractivity contribution is -0.147. The molecule has 0 heterocycles. The lowest BCUT2D eigenvalue weighted by Gasteiger charge is -2.15. The Morgan fingerprint density at radius 2 is 1.39 bits per heavy atom. The molecule has 0 saturated heterocycles. The average Bonchev–Trinajstić information content (AvgIpc) is 2.86. The third-order valence-corrected chi connectivity index (χ3v) is 5.94. The van der Waals surface area contributed by atoms with Crippen LogP contribution in [0.25, 0.3) is 0 Å². The molecule has 0 saturated carbocycles. The maximum atomic E-state index is 11.7. The van der Waals surface area contributed by atoms with Gasteiger partial charge in [0.2, 0.25) is 0 Å². The SMILES string of the molecule is CC/C=C\C/C=C\C/C=C\C/C=C\CCCCCCCCC(=O)OCC(O)COP(=O)(O)OCCN. The van der Waals surface area contributed by atoms with Crippen molar-refractivity contribution in [1.29, 1.82) is 0 Å². The summed E-state index contributed by atoms with van der Waals surface area (Å²) < 4.78 is 25.6. The fraction of sp³-hybridized carbons (Fsp3) is 0.667. The van der Waals surface area contributed by atoms with Crippen LogP contribution in [0.1, 0.15) is 84.0 Å². The molecule has 208 valence electrons. The summed E-state index contributed by atoms with van der Waals surface area (Å²) in [5.74, 6) is -0.403. The van der Waals surface area contributed by atoms with Gasteiger partial charge in [-0.15, -0.1) is 0 Å². The Balaban J connectivity index is 3.54. The molecule has 0 amide bonds. The number of ether oxygens (including phenoxy) is 1. The maximum Gasteiger partial charge on any atom is 0.472 e. The summed E-state index contributed by atoms with van der Waals surface area (Å²) in [5, 5.41) is 9.69. The molecule has 4 N–H and O–H groups in total. The summed E-state index contributed by atoms with van der Waals surface area (Å²) in [6.07, 6.45) is 28.2. The van der Waals surface area contributed by atoms with E-state index in [1.54, 1.807) is 0 Å². The van der Waals surface area contributed by atoms with E-state index in [2.05, 4.69) is 64.6 Å². The van der Waals surface area contributed by atoms with E-state index in [0.29, 0.717) is 0 Å². The molecule has 0 aromatic carbocycles. The van der Waals surface area contributed by atoms with Crippen LogP contribution in [0, 0.1) is 0 Å². The van der Waals surface area contributed by atoms with Crippen molar-refractivity contribution in [1.82, 2.24) is 0 Å². The normalized spacial score (nSPS) is 14.9. The minimum atomic E-state index is -4.25. The van der Waals surface area contributed by atoms with Crippen LogP contribution in [0.4, 0.5) is 0 Å². The molecule has 0 aliphatic rings. The zero-order valence-corrected chi connectivity index (χ0v) is 22.9. The van der Waals surface area contributed by atoms with E-state index in [4.69, 9.17) is 10.5 Å². The smallest absolute Gasteiger partial charge is 0.463 e. The molecule has 2 atom stereocenters. The number of carbonyl (C=O) groups excluding carboxylic acids is 1. The average molecular weight is 530 g/mol. The number of aliphatic hydroxyl groups excluding tert-OH is 1. The Morgan fingerprint density at radius 3 is 2.00 bits per heavy atom. The van der Waals surface area contributed by atoms with Crippen molar-refractivity contribution in [2.75, 3.05) is 26.4 Å². The molecule has 0 rings (SSSR count). The third kappa shape index (κ3) is 25.5. The molecule has 0 spiro atoms. The van der Waals surface area contributed by atoms with Crippen LogP contribution in [-0.4, -0.2) is 48.4 Å². The van der Waals surface area contributed by atoms with Crippen molar-refractivity contribution in [3.8, 4) is 0 Å². The molecule has 0 bridgehead atoms. The van der Waals surface area contributed by atoms with Crippen molar-refractivity contribution >= 4 is 13.8 Å². The highest BCUT2D eigenvalue weighted by molar-refractivity contribution is 7.47. The van der Waals surface area contributed by atoms with Gasteiger partial charge in [-0.25, -0.2) is 4.57 Å². The number of unbranched alkanes of at least 4 members (excludes halogenated alkanes) is 6. The van der Waals surface area contributed by atoms with Gasteiger partial charge >= 0.3 is 13.8 Å². The van der Waals surface area contributed by atoms with Crippen LogP contribution in [0.2, 0.25) is 0 Å². The van der Waals surface area contributed by atoms with Gasteiger partial charge < -0.3 is 20.5 Å². The first-order valence-electron chi connectivity index (χ1n) is 13.2. The summed E-state index contributed by atoms with van der Waals surface area (Å²) in [5.41, 5.74) is 5.17. The Bertz CT molecular complexity index is 692. The predicted octanol–water partition coefficient (Wildman–Crippen LogP) is 5.91. The lowest BCUT2D eigenvalue weighted by atomic mass is 10.1. The van der Waals surface area contributed by atoms with Crippen molar-refractivity contribution in [2.45, 2.75) is 90.1 Å². The van der Waals surface area contributed by atoms with Crippen molar-refractivity contribution in [3.05, 3.63) is 48.6 Å².